The lowest BCUT2D eigenvalue weighted by Gasteiger charge is -2.17. The molecule has 3 aromatic carbocycles. The summed E-state index contributed by atoms with van der Waals surface area (Å²) in [6.45, 7) is -0.399. The quantitative estimate of drug-likeness (QED) is 0.137. The Hall–Kier alpha value is -4.38. The number of hydrogen-bond acceptors (Lipinski definition) is 4. The van der Waals surface area contributed by atoms with E-state index in [1.807, 2.05) is 6.07 Å². The third kappa shape index (κ3) is 6.99. The maximum absolute atomic E-state index is 13.0. The van der Waals surface area contributed by atoms with Gasteiger partial charge in [-0.3, -0.25) is 10.0 Å². The molecule has 0 spiro atoms. The van der Waals surface area contributed by atoms with E-state index in [2.05, 4.69) is 5.32 Å². The van der Waals surface area contributed by atoms with E-state index < -0.39 is 30.3 Å². The predicted molar refractivity (Wildman–Crippen MR) is 155 cm³/mol. The number of nitrogens with one attached hydrogen (secondary N) is 1. The number of aromatic nitrogens is 3. The molecule has 2 aromatic heterocycles. The molecule has 0 unspecified atom stereocenters. The summed E-state index contributed by atoms with van der Waals surface area (Å²) in [4.78, 5) is 13.0. The molecule has 0 radical (unpaired) electrons. The molecule has 5 rings (SSSR count). The normalized spacial score (nSPS) is 12.2. The van der Waals surface area contributed by atoms with E-state index in [1.165, 1.54) is 24.5 Å². The van der Waals surface area contributed by atoms with Crippen molar-refractivity contribution in [1.29, 1.82) is 0 Å². The largest absolute Gasteiger partial charge is 0.416 e. The fourth-order valence-electron chi connectivity index (χ4n) is 4.49. The van der Waals surface area contributed by atoms with E-state index in [0.717, 1.165) is 22.4 Å². The fourth-order valence-corrected chi connectivity index (χ4v) is 4.79. The molecule has 7 nitrogen and oxygen atoms in total. The summed E-state index contributed by atoms with van der Waals surface area (Å²) < 4.78 is 41.2. The van der Waals surface area contributed by atoms with E-state index in [4.69, 9.17) is 28.3 Å². The van der Waals surface area contributed by atoms with Gasteiger partial charge in [0.1, 0.15) is 0 Å². The zero-order chi connectivity index (χ0) is 30.7. The van der Waals surface area contributed by atoms with Crippen LogP contribution in [0.15, 0.2) is 97.3 Å². The zero-order valence-electron chi connectivity index (χ0n) is 22.3. The van der Waals surface area contributed by atoms with Crippen LogP contribution in [0.1, 0.15) is 21.5 Å². The zero-order valence-corrected chi connectivity index (χ0v) is 23.8. The van der Waals surface area contributed by atoms with Crippen LogP contribution in [0, 0.1) is 0 Å². The number of carbonyl (C=O) groups is 1. The van der Waals surface area contributed by atoms with Gasteiger partial charge in [0.15, 0.2) is 0 Å². The lowest BCUT2D eigenvalue weighted by Crippen LogP contribution is -2.39. The number of amides is 1. The lowest BCUT2D eigenvalue weighted by atomic mass is 10.0. The maximum atomic E-state index is 13.0. The highest BCUT2D eigenvalue weighted by Crippen LogP contribution is 2.32. The minimum Gasteiger partial charge on any atom is -0.394 e. The number of pyridine rings is 1. The highest BCUT2D eigenvalue weighted by molar-refractivity contribution is 6.42. The molecule has 43 heavy (non-hydrogen) atoms. The molecule has 2 heterocycles. The highest BCUT2D eigenvalue weighted by atomic mass is 35.5. The fraction of sp³-hybridized carbons (Fsp3) is 0.129. The second-order valence-corrected chi connectivity index (χ2v) is 10.5. The Morgan fingerprint density at radius 1 is 0.953 bits per heavy atom. The van der Waals surface area contributed by atoms with Crippen molar-refractivity contribution in [3.05, 3.63) is 124 Å². The Kier molecular flexibility index (Phi) is 8.72. The van der Waals surface area contributed by atoms with Gasteiger partial charge in [-0.15, -0.1) is 0 Å². The van der Waals surface area contributed by atoms with Crippen LogP contribution >= 0.6 is 23.2 Å². The number of alkyl halides is 3. The van der Waals surface area contributed by atoms with Crippen LogP contribution in [0.4, 0.5) is 13.2 Å². The number of carbonyl (C=O) groups excluding carboxylic acids is 1. The van der Waals surface area contributed by atoms with Crippen LogP contribution in [0.2, 0.25) is 10.0 Å². The molecular formula is C31H24Cl2F3N4O3+. The van der Waals surface area contributed by atoms with Gasteiger partial charge >= 0.3 is 6.18 Å². The van der Waals surface area contributed by atoms with Gasteiger partial charge < -0.3 is 10.4 Å². The number of benzene rings is 3. The average molecular weight is 628 g/mol. The van der Waals surface area contributed by atoms with E-state index in [9.17, 15) is 28.3 Å². The minimum absolute atomic E-state index is 0.150. The number of nitrogens with zero attached hydrogens (tertiary/aromatic N) is 3. The van der Waals surface area contributed by atoms with Gasteiger partial charge in [-0.1, -0.05) is 47.5 Å². The van der Waals surface area contributed by atoms with Gasteiger partial charge in [0.05, 0.1) is 50.9 Å². The first-order valence-corrected chi connectivity index (χ1v) is 13.7. The second-order valence-electron chi connectivity index (χ2n) is 9.73. The highest BCUT2D eigenvalue weighted by Gasteiger charge is 2.30. The average Bonchev–Trinajstić information content (AvgIpc) is 3.44. The SMILES string of the molecule is O=C(N[C@H](CO)Cc1ccc(C(F)(F)F)cc1)c1ccc(-c2cc(-c3ccc[n+](O)c3)nn2-c2ccc(Cl)c(Cl)c2)cc1. The van der Waals surface area contributed by atoms with Crippen molar-refractivity contribution in [3.8, 4) is 28.2 Å². The smallest absolute Gasteiger partial charge is 0.394 e. The first kappa shape index (κ1) is 30.1. The second kappa shape index (κ2) is 12.5. The van der Waals surface area contributed by atoms with E-state index in [1.54, 1.807) is 59.3 Å². The number of aliphatic hydroxyl groups excluding tert-OH is 1. The molecule has 1 atom stereocenters. The van der Waals surface area contributed by atoms with Gasteiger partial charge in [-0.2, -0.15) is 18.3 Å². The van der Waals surface area contributed by atoms with Crippen LogP contribution < -0.4 is 10.0 Å². The van der Waals surface area contributed by atoms with Crippen molar-refractivity contribution in [2.75, 3.05) is 6.61 Å². The molecule has 0 bridgehead atoms. The standard InChI is InChI=1S/C31H23Cl2F3N4O3/c32-26-12-11-25(15-27(26)33)40-29(16-28(38-40)22-2-1-13-39(43)17-22)20-5-7-21(8-6-20)30(42)37-24(18-41)14-19-3-9-23(10-4-19)31(34,35)36/h1-13,15-17,24,41H,14,18H2,(H-,37,42,43)/p+1/t24-/m0/s1. The molecule has 1 amide bonds. The molecule has 0 fully saturated rings. The van der Waals surface area contributed by atoms with Crippen LogP contribution in [-0.4, -0.2) is 38.7 Å². The Morgan fingerprint density at radius 2 is 1.67 bits per heavy atom. The van der Waals surface area contributed by atoms with Gasteiger partial charge in [0.25, 0.3) is 5.91 Å². The molecule has 5 aromatic rings. The molecule has 0 aliphatic heterocycles. The third-order valence-electron chi connectivity index (χ3n) is 6.70. The first-order valence-electron chi connectivity index (χ1n) is 13.0. The molecule has 0 saturated carbocycles. The summed E-state index contributed by atoms with van der Waals surface area (Å²) in [5.74, 6) is -0.451. The number of rotatable bonds is 8. The summed E-state index contributed by atoms with van der Waals surface area (Å²) in [6.07, 6.45) is -1.30. The van der Waals surface area contributed by atoms with Crippen molar-refractivity contribution < 1.29 is 33.0 Å². The molecular weight excluding hydrogens is 604 g/mol. The van der Waals surface area contributed by atoms with Crippen molar-refractivity contribution in [1.82, 2.24) is 15.1 Å². The van der Waals surface area contributed by atoms with Crippen LogP contribution in [0.3, 0.4) is 0 Å². The monoisotopic (exact) mass is 627 g/mol. The molecule has 0 aliphatic carbocycles. The summed E-state index contributed by atoms with van der Waals surface area (Å²) in [7, 11) is 0. The van der Waals surface area contributed by atoms with Crippen LogP contribution in [0.5, 0.6) is 0 Å². The van der Waals surface area contributed by atoms with Crippen molar-refractivity contribution >= 4 is 29.1 Å². The van der Waals surface area contributed by atoms with E-state index >= 15 is 0 Å². The third-order valence-corrected chi connectivity index (χ3v) is 7.44. The first-order chi connectivity index (χ1) is 20.5. The molecule has 220 valence electrons. The van der Waals surface area contributed by atoms with Gasteiger partial charge in [-0.25, -0.2) is 4.68 Å². The molecule has 0 aliphatic rings. The Balaban J connectivity index is 1.38. The molecule has 3 N–H and O–H groups in total. The summed E-state index contributed by atoms with van der Waals surface area (Å²) >= 11 is 12.4. The molecule has 12 heteroatoms. The minimum atomic E-state index is -4.44. The maximum Gasteiger partial charge on any atom is 0.416 e. The van der Waals surface area contributed by atoms with E-state index in [-0.39, 0.29) is 6.42 Å². The van der Waals surface area contributed by atoms with Crippen LogP contribution in [-0.2, 0) is 12.6 Å². The Morgan fingerprint density at radius 3 is 2.30 bits per heavy atom. The Bertz CT molecular complexity index is 1760. The van der Waals surface area contributed by atoms with Gasteiger partial charge in [0, 0.05) is 21.9 Å². The lowest BCUT2D eigenvalue weighted by molar-refractivity contribution is -0.904. The molecule has 0 saturated heterocycles. The number of halogens is 5. The Labute approximate surface area is 254 Å². The number of aliphatic hydroxyl groups is 1. The summed E-state index contributed by atoms with van der Waals surface area (Å²) in [6, 6.07) is 21.0. The van der Waals surface area contributed by atoms with Crippen LogP contribution in [0.25, 0.3) is 28.2 Å². The summed E-state index contributed by atoms with van der Waals surface area (Å²) in [5.41, 5.74) is 3.35. The van der Waals surface area contributed by atoms with E-state index in [0.29, 0.717) is 43.8 Å². The van der Waals surface area contributed by atoms with Gasteiger partial charge in [-0.05, 0) is 66.6 Å². The topological polar surface area (TPSA) is 91.3 Å². The number of hydrogen-bond donors (Lipinski definition) is 3. The van der Waals surface area contributed by atoms with Crippen molar-refractivity contribution in [2.45, 2.75) is 18.6 Å². The van der Waals surface area contributed by atoms with Crippen molar-refractivity contribution in [2.24, 2.45) is 0 Å². The summed E-state index contributed by atoms with van der Waals surface area (Å²) in [5, 5.41) is 27.9. The predicted octanol–water partition coefficient (Wildman–Crippen LogP) is 6.39. The van der Waals surface area contributed by atoms with Gasteiger partial charge in [0.2, 0.25) is 12.4 Å². The van der Waals surface area contributed by atoms with Crippen molar-refractivity contribution in [3.63, 3.8) is 0 Å².